The SMILES string of the molecule is Cl.c1cc(N2CCNCC2)ccc1OC1CCN(C2CCC2)CC1. The van der Waals surface area contributed by atoms with E-state index in [4.69, 9.17) is 4.74 Å². The molecule has 0 bridgehead atoms. The molecule has 5 heteroatoms. The summed E-state index contributed by atoms with van der Waals surface area (Å²) in [5, 5.41) is 3.40. The minimum atomic E-state index is 0. The van der Waals surface area contributed by atoms with Crippen LogP contribution in [0.1, 0.15) is 32.1 Å². The number of nitrogens with one attached hydrogen (secondary N) is 1. The number of rotatable bonds is 4. The maximum absolute atomic E-state index is 6.22. The Balaban J connectivity index is 0.00000169. The highest BCUT2D eigenvalue weighted by Gasteiger charge is 2.29. The number of hydrogen-bond acceptors (Lipinski definition) is 4. The van der Waals surface area contributed by atoms with Crippen molar-refractivity contribution in [1.82, 2.24) is 10.2 Å². The van der Waals surface area contributed by atoms with Crippen molar-refractivity contribution in [3.05, 3.63) is 24.3 Å². The summed E-state index contributed by atoms with van der Waals surface area (Å²) in [6.45, 7) is 6.79. The Morgan fingerprint density at radius 3 is 2.12 bits per heavy atom. The van der Waals surface area contributed by atoms with E-state index < -0.39 is 0 Å². The van der Waals surface area contributed by atoms with Gasteiger partial charge in [0, 0.05) is 51.0 Å². The van der Waals surface area contributed by atoms with Crippen LogP contribution in [0.4, 0.5) is 5.69 Å². The molecule has 0 unspecified atom stereocenters. The van der Waals surface area contributed by atoms with E-state index in [9.17, 15) is 0 Å². The molecule has 134 valence electrons. The molecule has 1 N–H and O–H groups in total. The molecular weight excluding hydrogens is 322 g/mol. The Morgan fingerprint density at radius 2 is 1.54 bits per heavy atom. The minimum Gasteiger partial charge on any atom is -0.490 e. The molecule has 0 amide bonds. The van der Waals surface area contributed by atoms with Crippen LogP contribution in [0.5, 0.6) is 5.75 Å². The van der Waals surface area contributed by atoms with Crippen molar-refractivity contribution < 1.29 is 4.74 Å². The van der Waals surface area contributed by atoms with Crippen LogP contribution in [0.3, 0.4) is 0 Å². The lowest BCUT2D eigenvalue weighted by molar-refractivity contribution is 0.0493. The molecule has 0 aromatic heterocycles. The lowest BCUT2D eigenvalue weighted by Gasteiger charge is -2.41. The third kappa shape index (κ3) is 4.16. The molecule has 1 aromatic rings. The third-order valence-corrected chi connectivity index (χ3v) is 5.69. The Kier molecular flexibility index (Phi) is 6.25. The fraction of sp³-hybridized carbons (Fsp3) is 0.684. The number of anilines is 1. The number of halogens is 1. The van der Waals surface area contributed by atoms with Crippen LogP contribution in [-0.4, -0.2) is 56.3 Å². The first-order valence-electron chi connectivity index (χ1n) is 9.35. The van der Waals surface area contributed by atoms with E-state index >= 15 is 0 Å². The van der Waals surface area contributed by atoms with Crippen LogP contribution < -0.4 is 15.0 Å². The van der Waals surface area contributed by atoms with E-state index in [1.54, 1.807) is 0 Å². The quantitative estimate of drug-likeness (QED) is 0.902. The third-order valence-electron chi connectivity index (χ3n) is 5.69. The first-order valence-corrected chi connectivity index (χ1v) is 9.35. The molecule has 4 rings (SSSR count). The van der Waals surface area contributed by atoms with Gasteiger partial charge in [0.1, 0.15) is 11.9 Å². The minimum absolute atomic E-state index is 0. The predicted molar refractivity (Wildman–Crippen MR) is 102 cm³/mol. The largest absolute Gasteiger partial charge is 0.490 e. The van der Waals surface area contributed by atoms with Crippen molar-refractivity contribution in [1.29, 1.82) is 0 Å². The number of hydrogen-bond donors (Lipinski definition) is 1. The predicted octanol–water partition coefficient (Wildman–Crippen LogP) is 2.91. The molecule has 3 fully saturated rings. The van der Waals surface area contributed by atoms with Crippen molar-refractivity contribution in [3.63, 3.8) is 0 Å². The van der Waals surface area contributed by atoms with Gasteiger partial charge in [-0.2, -0.15) is 0 Å². The number of piperidine rings is 1. The second-order valence-corrected chi connectivity index (χ2v) is 7.17. The second-order valence-electron chi connectivity index (χ2n) is 7.17. The fourth-order valence-electron chi connectivity index (χ4n) is 3.96. The van der Waals surface area contributed by atoms with Gasteiger partial charge in [0.05, 0.1) is 0 Å². The van der Waals surface area contributed by atoms with Gasteiger partial charge in [-0.3, -0.25) is 0 Å². The van der Waals surface area contributed by atoms with Crippen molar-refractivity contribution >= 4 is 18.1 Å². The van der Waals surface area contributed by atoms with E-state index in [-0.39, 0.29) is 12.4 Å². The van der Waals surface area contributed by atoms with E-state index in [2.05, 4.69) is 39.4 Å². The van der Waals surface area contributed by atoms with Crippen LogP contribution >= 0.6 is 12.4 Å². The van der Waals surface area contributed by atoms with Gasteiger partial charge in [-0.05, 0) is 49.9 Å². The Bertz CT molecular complexity index is 492. The number of ether oxygens (including phenoxy) is 1. The summed E-state index contributed by atoms with van der Waals surface area (Å²) in [5.74, 6) is 1.03. The lowest BCUT2D eigenvalue weighted by atomic mass is 9.90. The molecule has 1 aliphatic carbocycles. The van der Waals surface area contributed by atoms with E-state index in [1.165, 1.54) is 50.9 Å². The molecule has 24 heavy (non-hydrogen) atoms. The van der Waals surface area contributed by atoms with Crippen LogP contribution in [0.15, 0.2) is 24.3 Å². The van der Waals surface area contributed by atoms with Crippen molar-refractivity contribution in [2.24, 2.45) is 0 Å². The highest BCUT2D eigenvalue weighted by Crippen LogP contribution is 2.29. The Hall–Kier alpha value is -0.970. The molecule has 1 aromatic carbocycles. The summed E-state index contributed by atoms with van der Waals surface area (Å²) in [6, 6.07) is 9.61. The average Bonchev–Trinajstić information content (AvgIpc) is 2.57. The highest BCUT2D eigenvalue weighted by atomic mass is 35.5. The Labute approximate surface area is 151 Å². The van der Waals surface area contributed by atoms with Gasteiger partial charge < -0.3 is 19.9 Å². The van der Waals surface area contributed by atoms with Gasteiger partial charge in [0.15, 0.2) is 0 Å². The van der Waals surface area contributed by atoms with Gasteiger partial charge in [0.2, 0.25) is 0 Å². The summed E-state index contributed by atoms with van der Waals surface area (Å²) in [5.41, 5.74) is 1.32. The molecular formula is C19H30ClN3O. The van der Waals surface area contributed by atoms with Gasteiger partial charge >= 0.3 is 0 Å². The molecule has 0 spiro atoms. The number of benzene rings is 1. The molecule has 0 radical (unpaired) electrons. The summed E-state index contributed by atoms with van der Waals surface area (Å²) >= 11 is 0. The molecule has 2 heterocycles. The average molecular weight is 352 g/mol. The molecule has 3 aliphatic rings. The normalized spacial score (nSPS) is 23.4. The van der Waals surface area contributed by atoms with E-state index in [0.717, 1.165) is 38.0 Å². The van der Waals surface area contributed by atoms with Crippen LogP contribution in [0.2, 0.25) is 0 Å². The standard InChI is InChI=1S/C19H29N3O.ClH/c1-2-16(3-1)21-12-8-19(9-13-21)23-18-6-4-17(5-7-18)22-14-10-20-11-15-22;/h4-7,16,19-20H,1-3,8-15H2;1H. The van der Waals surface area contributed by atoms with Crippen LogP contribution in [0, 0.1) is 0 Å². The topological polar surface area (TPSA) is 27.7 Å². The van der Waals surface area contributed by atoms with Crippen LogP contribution in [0.25, 0.3) is 0 Å². The smallest absolute Gasteiger partial charge is 0.119 e. The van der Waals surface area contributed by atoms with E-state index in [0.29, 0.717) is 6.10 Å². The van der Waals surface area contributed by atoms with Gasteiger partial charge in [-0.15, -0.1) is 12.4 Å². The van der Waals surface area contributed by atoms with Crippen LogP contribution in [-0.2, 0) is 0 Å². The first-order chi connectivity index (χ1) is 11.4. The van der Waals surface area contributed by atoms with Gasteiger partial charge in [0.25, 0.3) is 0 Å². The number of likely N-dealkylation sites (tertiary alicyclic amines) is 1. The zero-order valence-electron chi connectivity index (χ0n) is 14.5. The molecule has 2 saturated heterocycles. The molecule has 4 nitrogen and oxygen atoms in total. The molecule has 0 atom stereocenters. The van der Waals surface area contributed by atoms with E-state index in [1.807, 2.05) is 0 Å². The van der Waals surface area contributed by atoms with Crippen molar-refractivity contribution in [3.8, 4) is 5.75 Å². The van der Waals surface area contributed by atoms with Gasteiger partial charge in [-0.25, -0.2) is 0 Å². The maximum atomic E-state index is 6.22. The summed E-state index contributed by atoms with van der Waals surface area (Å²) in [6.07, 6.45) is 7.02. The monoisotopic (exact) mass is 351 g/mol. The number of piperazine rings is 1. The second kappa shape index (κ2) is 8.41. The summed E-state index contributed by atoms with van der Waals surface area (Å²) in [7, 11) is 0. The first kappa shape index (κ1) is 17.8. The van der Waals surface area contributed by atoms with Crippen molar-refractivity contribution in [2.75, 3.05) is 44.2 Å². The van der Waals surface area contributed by atoms with Gasteiger partial charge in [-0.1, -0.05) is 6.42 Å². The lowest BCUT2D eigenvalue weighted by Crippen LogP contribution is -2.46. The molecule has 2 aliphatic heterocycles. The fourth-order valence-corrected chi connectivity index (χ4v) is 3.96. The summed E-state index contributed by atoms with van der Waals surface area (Å²) in [4.78, 5) is 5.12. The highest BCUT2D eigenvalue weighted by molar-refractivity contribution is 5.85. The van der Waals surface area contributed by atoms with Crippen molar-refractivity contribution in [2.45, 2.75) is 44.2 Å². The molecule has 1 saturated carbocycles. The number of nitrogens with zero attached hydrogens (tertiary/aromatic N) is 2. The zero-order chi connectivity index (χ0) is 15.5. The maximum Gasteiger partial charge on any atom is 0.119 e. The Morgan fingerprint density at radius 1 is 0.875 bits per heavy atom. The zero-order valence-corrected chi connectivity index (χ0v) is 15.3. The summed E-state index contributed by atoms with van der Waals surface area (Å²) < 4.78 is 6.22.